The predicted molar refractivity (Wildman–Crippen MR) is 112 cm³/mol. The average molecular weight is 467 g/mol. The molecule has 1 heterocycles. The van der Waals surface area contributed by atoms with Crippen molar-refractivity contribution >= 4 is 37.5 Å². The molecule has 6 nitrogen and oxygen atoms in total. The molecule has 1 N–H and O–H groups in total. The maximum Gasteiger partial charge on any atom is 0.255 e. The molecule has 1 saturated heterocycles. The van der Waals surface area contributed by atoms with Gasteiger partial charge in [-0.2, -0.15) is 4.31 Å². The predicted octanol–water partition coefficient (Wildman–Crippen LogP) is 3.81. The van der Waals surface area contributed by atoms with Crippen molar-refractivity contribution in [3.05, 3.63) is 58.1 Å². The van der Waals surface area contributed by atoms with E-state index >= 15 is 0 Å². The maximum absolute atomic E-state index is 12.9. The number of nitrogens with one attached hydrogen (secondary N) is 1. The molecule has 3 rings (SSSR count). The summed E-state index contributed by atoms with van der Waals surface area (Å²) >= 11 is 3.43. The van der Waals surface area contributed by atoms with Gasteiger partial charge in [-0.15, -0.1) is 0 Å². The normalized spacial score (nSPS) is 20.7. The van der Waals surface area contributed by atoms with Gasteiger partial charge >= 0.3 is 0 Å². The van der Waals surface area contributed by atoms with Crippen molar-refractivity contribution in [1.82, 2.24) is 4.31 Å². The number of morpholine rings is 1. The fraction of sp³-hybridized carbons (Fsp3) is 0.350. The van der Waals surface area contributed by atoms with Gasteiger partial charge in [0.25, 0.3) is 5.91 Å². The van der Waals surface area contributed by atoms with Gasteiger partial charge in [0.1, 0.15) is 0 Å². The first kappa shape index (κ1) is 21.0. The Morgan fingerprint density at radius 2 is 1.71 bits per heavy atom. The Kier molecular flexibility index (Phi) is 6.24. The molecule has 28 heavy (non-hydrogen) atoms. The lowest BCUT2D eigenvalue weighted by Crippen LogP contribution is -2.48. The molecule has 0 bridgehead atoms. The minimum Gasteiger partial charge on any atom is -0.373 e. The van der Waals surface area contributed by atoms with E-state index in [1.807, 2.05) is 39.0 Å². The van der Waals surface area contributed by atoms with E-state index in [0.29, 0.717) is 24.3 Å². The maximum atomic E-state index is 12.9. The highest BCUT2D eigenvalue weighted by atomic mass is 79.9. The smallest absolute Gasteiger partial charge is 0.255 e. The first-order valence-corrected chi connectivity index (χ1v) is 11.2. The average Bonchev–Trinajstić information content (AvgIpc) is 2.63. The van der Waals surface area contributed by atoms with Crippen LogP contribution in [-0.4, -0.2) is 43.9 Å². The zero-order chi connectivity index (χ0) is 20.5. The molecule has 2 aromatic carbocycles. The van der Waals surface area contributed by atoms with Gasteiger partial charge < -0.3 is 10.1 Å². The number of halogens is 1. The second kappa shape index (κ2) is 8.32. The number of ether oxygens (including phenoxy) is 1. The van der Waals surface area contributed by atoms with E-state index in [-0.39, 0.29) is 23.0 Å². The van der Waals surface area contributed by atoms with Crippen LogP contribution in [0.2, 0.25) is 0 Å². The third kappa shape index (κ3) is 4.63. The monoisotopic (exact) mass is 466 g/mol. The molecule has 0 spiro atoms. The van der Waals surface area contributed by atoms with Crippen molar-refractivity contribution in [2.24, 2.45) is 0 Å². The van der Waals surface area contributed by atoms with Gasteiger partial charge in [-0.25, -0.2) is 8.42 Å². The molecule has 8 heteroatoms. The summed E-state index contributed by atoms with van der Waals surface area (Å²) in [5, 5.41) is 2.82. The second-order valence-electron chi connectivity index (χ2n) is 7.04. The summed E-state index contributed by atoms with van der Waals surface area (Å²) in [6, 6.07) is 11.6. The van der Waals surface area contributed by atoms with Crippen LogP contribution in [0.4, 0.5) is 5.69 Å². The Labute approximate surface area is 174 Å². The van der Waals surface area contributed by atoms with Gasteiger partial charge in [-0.3, -0.25) is 4.79 Å². The number of amides is 1. The Hall–Kier alpha value is -1.74. The van der Waals surface area contributed by atoms with E-state index in [2.05, 4.69) is 21.2 Å². The lowest BCUT2D eigenvalue weighted by atomic mass is 10.2. The number of carbonyl (C=O) groups is 1. The number of sulfonamides is 1. The van der Waals surface area contributed by atoms with Crippen LogP contribution >= 0.6 is 15.9 Å². The molecule has 0 saturated carbocycles. The van der Waals surface area contributed by atoms with E-state index < -0.39 is 10.0 Å². The summed E-state index contributed by atoms with van der Waals surface area (Å²) in [5.74, 6) is -0.304. The van der Waals surface area contributed by atoms with Crippen LogP contribution in [0.3, 0.4) is 0 Å². The lowest BCUT2D eigenvalue weighted by Gasteiger charge is -2.34. The quantitative estimate of drug-likeness (QED) is 0.742. The third-order valence-corrected chi connectivity index (χ3v) is 7.02. The number of anilines is 1. The van der Waals surface area contributed by atoms with E-state index in [1.165, 1.54) is 28.6 Å². The molecule has 2 atom stereocenters. The standard InChI is InChI=1S/C20H23BrN2O4S/c1-13-4-9-19(18(21)10-13)22-20(24)16-5-7-17(8-6-16)28(25,26)23-11-14(2)27-15(3)12-23/h4-10,14-15H,11-12H2,1-3H3,(H,22,24). The molecule has 150 valence electrons. The number of rotatable bonds is 4. The van der Waals surface area contributed by atoms with Crippen LogP contribution in [0, 0.1) is 6.92 Å². The Morgan fingerprint density at radius 3 is 2.29 bits per heavy atom. The zero-order valence-electron chi connectivity index (χ0n) is 16.0. The van der Waals surface area contributed by atoms with E-state index in [1.54, 1.807) is 0 Å². The molecule has 0 radical (unpaired) electrons. The van der Waals surface area contributed by atoms with Crippen molar-refractivity contribution in [3.8, 4) is 0 Å². The van der Waals surface area contributed by atoms with Crippen molar-refractivity contribution < 1.29 is 17.9 Å². The lowest BCUT2D eigenvalue weighted by molar-refractivity contribution is -0.0440. The van der Waals surface area contributed by atoms with Gasteiger partial charge in [0.05, 0.1) is 22.8 Å². The van der Waals surface area contributed by atoms with Crippen molar-refractivity contribution in [2.75, 3.05) is 18.4 Å². The van der Waals surface area contributed by atoms with Gasteiger partial charge in [0.2, 0.25) is 10.0 Å². The summed E-state index contributed by atoms with van der Waals surface area (Å²) in [6.07, 6.45) is -0.312. The van der Waals surface area contributed by atoms with Crippen molar-refractivity contribution in [3.63, 3.8) is 0 Å². The Balaban J connectivity index is 1.76. The minimum absolute atomic E-state index is 0.156. The Bertz CT molecular complexity index is 966. The molecule has 1 amide bonds. The van der Waals surface area contributed by atoms with E-state index in [0.717, 1.165) is 10.0 Å². The van der Waals surface area contributed by atoms with Crippen molar-refractivity contribution in [2.45, 2.75) is 37.9 Å². The zero-order valence-corrected chi connectivity index (χ0v) is 18.4. The van der Waals surface area contributed by atoms with E-state index in [4.69, 9.17) is 4.74 Å². The topological polar surface area (TPSA) is 75.7 Å². The van der Waals surface area contributed by atoms with Crippen molar-refractivity contribution in [1.29, 1.82) is 0 Å². The number of hydrogen-bond donors (Lipinski definition) is 1. The summed E-state index contributed by atoms with van der Waals surface area (Å²) < 4.78 is 33.6. The molecule has 1 aliphatic rings. The number of hydrogen-bond acceptors (Lipinski definition) is 4. The number of nitrogens with zero attached hydrogens (tertiary/aromatic N) is 1. The third-order valence-electron chi connectivity index (χ3n) is 4.51. The highest BCUT2D eigenvalue weighted by Crippen LogP contribution is 2.25. The summed E-state index contributed by atoms with van der Waals surface area (Å²) in [5.41, 5.74) is 2.12. The summed E-state index contributed by atoms with van der Waals surface area (Å²) in [4.78, 5) is 12.7. The molecule has 2 aromatic rings. The number of aryl methyl sites for hydroxylation is 1. The molecule has 2 unspecified atom stereocenters. The first-order chi connectivity index (χ1) is 13.2. The second-order valence-corrected chi connectivity index (χ2v) is 9.83. The summed E-state index contributed by atoms with van der Waals surface area (Å²) in [7, 11) is -3.63. The first-order valence-electron chi connectivity index (χ1n) is 9.00. The minimum atomic E-state index is -3.63. The molecular weight excluding hydrogens is 444 g/mol. The SMILES string of the molecule is Cc1ccc(NC(=O)c2ccc(S(=O)(=O)N3CC(C)OC(C)C3)cc2)c(Br)c1. The number of benzene rings is 2. The molecule has 0 aromatic heterocycles. The highest BCUT2D eigenvalue weighted by Gasteiger charge is 2.32. The number of carbonyl (C=O) groups excluding carboxylic acids is 1. The van der Waals surface area contributed by atoms with Crippen LogP contribution in [0.25, 0.3) is 0 Å². The summed E-state index contributed by atoms with van der Waals surface area (Å²) in [6.45, 7) is 6.31. The highest BCUT2D eigenvalue weighted by molar-refractivity contribution is 9.10. The van der Waals surface area contributed by atoms with Gasteiger partial charge in [-0.05, 0) is 78.7 Å². The van der Waals surface area contributed by atoms with Crippen LogP contribution in [0.15, 0.2) is 51.8 Å². The van der Waals surface area contributed by atoms with Gasteiger partial charge in [0, 0.05) is 23.1 Å². The molecule has 1 aliphatic heterocycles. The molecule has 0 aliphatic carbocycles. The van der Waals surface area contributed by atoms with Crippen LogP contribution in [0.5, 0.6) is 0 Å². The fourth-order valence-corrected chi connectivity index (χ4v) is 5.35. The van der Waals surface area contributed by atoms with Gasteiger partial charge in [0.15, 0.2) is 0 Å². The van der Waals surface area contributed by atoms with Gasteiger partial charge in [-0.1, -0.05) is 6.07 Å². The largest absolute Gasteiger partial charge is 0.373 e. The Morgan fingerprint density at radius 1 is 1.11 bits per heavy atom. The van der Waals surface area contributed by atoms with Crippen LogP contribution < -0.4 is 5.32 Å². The van der Waals surface area contributed by atoms with Crippen LogP contribution in [-0.2, 0) is 14.8 Å². The molecule has 1 fully saturated rings. The van der Waals surface area contributed by atoms with Crippen LogP contribution in [0.1, 0.15) is 29.8 Å². The fourth-order valence-electron chi connectivity index (χ4n) is 3.17. The molecular formula is C20H23BrN2O4S. The van der Waals surface area contributed by atoms with E-state index in [9.17, 15) is 13.2 Å².